The van der Waals surface area contributed by atoms with Gasteiger partial charge in [-0.1, -0.05) is 28.1 Å². The predicted octanol–water partition coefficient (Wildman–Crippen LogP) is 2.44. The first kappa shape index (κ1) is 9.41. The maximum absolute atomic E-state index is 4.54. The molecule has 2 heterocycles. The molecule has 1 aromatic carbocycles. The van der Waals surface area contributed by atoms with E-state index in [0.717, 1.165) is 15.7 Å². The van der Waals surface area contributed by atoms with Crippen molar-refractivity contribution in [2.24, 2.45) is 0 Å². The van der Waals surface area contributed by atoms with Crippen molar-refractivity contribution in [2.75, 3.05) is 0 Å². The highest BCUT2D eigenvalue weighted by Gasteiger charge is 2.06. The standard InChI is InChI=1S/C10H5BrN4O/c11-7-3-1-6(2-4-7)8-5-12-9-10(13-8)15-16-14-9/h1-5H. The summed E-state index contributed by atoms with van der Waals surface area (Å²) in [6.45, 7) is 0. The van der Waals surface area contributed by atoms with Crippen molar-refractivity contribution < 1.29 is 4.63 Å². The number of aromatic nitrogens is 4. The summed E-state index contributed by atoms with van der Waals surface area (Å²) in [5, 5.41) is 7.25. The van der Waals surface area contributed by atoms with Crippen molar-refractivity contribution >= 4 is 27.2 Å². The molecule has 0 amide bonds. The van der Waals surface area contributed by atoms with Gasteiger partial charge in [0.15, 0.2) is 0 Å². The Morgan fingerprint density at radius 3 is 2.56 bits per heavy atom. The van der Waals surface area contributed by atoms with E-state index in [1.807, 2.05) is 24.3 Å². The molecular weight excluding hydrogens is 272 g/mol. The maximum Gasteiger partial charge on any atom is 0.243 e. The van der Waals surface area contributed by atoms with E-state index >= 15 is 0 Å². The van der Waals surface area contributed by atoms with Gasteiger partial charge < -0.3 is 0 Å². The number of benzene rings is 1. The minimum atomic E-state index is 0.417. The van der Waals surface area contributed by atoms with Gasteiger partial charge in [-0.3, -0.25) is 0 Å². The first-order valence-corrected chi connectivity index (χ1v) is 5.33. The van der Waals surface area contributed by atoms with E-state index < -0.39 is 0 Å². The highest BCUT2D eigenvalue weighted by molar-refractivity contribution is 9.10. The third-order valence-electron chi connectivity index (χ3n) is 2.13. The van der Waals surface area contributed by atoms with E-state index in [9.17, 15) is 0 Å². The molecule has 0 unspecified atom stereocenters. The summed E-state index contributed by atoms with van der Waals surface area (Å²) in [5.41, 5.74) is 2.55. The van der Waals surface area contributed by atoms with Crippen molar-refractivity contribution in [3.05, 3.63) is 34.9 Å². The second-order valence-corrected chi connectivity index (χ2v) is 4.09. The Bertz CT molecular complexity index is 635. The predicted molar refractivity (Wildman–Crippen MR) is 60.5 cm³/mol. The average Bonchev–Trinajstić information content (AvgIpc) is 2.77. The normalized spacial score (nSPS) is 10.8. The molecule has 16 heavy (non-hydrogen) atoms. The average molecular weight is 277 g/mol. The maximum atomic E-state index is 4.54. The molecule has 0 bridgehead atoms. The summed E-state index contributed by atoms with van der Waals surface area (Å²) in [5.74, 6) is 0. The Kier molecular flexibility index (Phi) is 2.14. The van der Waals surface area contributed by atoms with Crippen molar-refractivity contribution in [3.8, 4) is 11.3 Å². The van der Waals surface area contributed by atoms with Crippen molar-refractivity contribution in [1.82, 2.24) is 20.3 Å². The van der Waals surface area contributed by atoms with Gasteiger partial charge in [0.2, 0.25) is 11.3 Å². The first-order valence-electron chi connectivity index (χ1n) is 4.54. The zero-order valence-electron chi connectivity index (χ0n) is 7.96. The number of nitrogens with zero attached hydrogens (tertiary/aromatic N) is 4. The van der Waals surface area contributed by atoms with Crippen molar-refractivity contribution in [1.29, 1.82) is 0 Å². The molecule has 0 saturated carbocycles. The number of fused-ring (bicyclic) bond motifs is 1. The highest BCUT2D eigenvalue weighted by Crippen LogP contribution is 2.20. The molecule has 5 nitrogen and oxygen atoms in total. The summed E-state index contributed by atoms with van der Waals surface area (Å²) in [4.78, 5) is 8.39. The molecule has 0 aliphatic carbocycles. The van der Waals surface area contributed by atoms with Crippen LogP contribution in [0.25, 0.3) is 22.6 Å². The van der Waals surface area contributed by atoms with Gasteiger partial charge in [-0.25, -0.2) is 14.6 Å². The van der Waals surface area contributed by atoms with Crippen LogP contribution in [0, 0.1) is 0 Å². The zero-order valence-corrected chi connectivity index (χ0v) is 9.55. The van der Waals surface area contributed by atoms with Crippen LogP contribution in [0.3, 0.4) is 0 Å². The SMILES string of the molecule is Brc1ccc(-c2cnc3nonc3n2)cc1. The molecule has 0 spiro atoms. The fourth-order valence-corrected chi connectivity index (χ4v) is 1.62. The molecule has 0 aliphatic rings. The molecule has 2 aromatic heterocycles. The minimum Gasteiger partial charge on any atom is -0.240 e. The van der Waals surface area contributed by atoms with Crippen LogP contribution in [-0.4, -0.2) is 20.3 Å². The van der Waals surface area contributed by atoms with E-state index in [1.54, 1.807) is 6.20 Å². The fraction of sp³-hybridized carbons (Fsp3) is 0. The van der Waals surface area contributed by atoms with Crippen LogP contribution < -0.4 is 0 Å². The second kappa shape index (κ2) is 3.64. The quantitative estimate of drug-likeness (QED) is 0.683. The van der Waals surface area contributed by atoms with Gasteiger partial charge in [-0.15, -0.1) is 0 Å². The van der Waals surface area contributed by atoms with Crippen LogP contribution >= 0.6 is 15.9 Å². The summed E-state index contributed by atoms with van der Waals surface area (Å²) in [6, 6.07) is 7.80. The summed E-state index contributed by atoms with van der Waals surface area (Å²) < 4.78 is 5.56. The summed E-state index contributed by atoms with van der Waals surface area (Å²) >= 11 is 3.38. The molecule has 0 radical (unpaired) electrons. The number of hydrogen-bond donors (Lipinski definition) is 0. The number of rotatable bonds is 1. The van der Waals surface area contributed by atoms with Crippen LogP contribution in [0.1, 0.15) is 0 Å². The molecule has 3 rings (SSSR count). The van der Waals surface area contributed by atoms with Gasteiger partial charge in [-0.2, -0.15) is 0 Å². The van der Waals surface area contributed by atoms with Crippen LogP contribution in [0.5, 0.6) is 0 Å². The second-order valence-electron chi connectivity index (χ2n) is 3.17. The molecule has 3 aromatic rings. The highest BCUT2D eigenvalue weighted by atomic mass is 79.9. The lowest BCUT2D eigenvalue weighted by Crippen LogP contribution is -1.87. The van der Waals surface area contributed by atoms with Crippen LogP contribution in [0.2, 0.25) is 0 Å². The first-order chi connectivity index (χ1) is 7.83. The van der Waals surface area contributed by atoms with Crippen LogP contribution in [-0.2, 0) is 0 Å². The van der Waals surface area contributed by atoms with Crippen LogP contribution in [0.4, 0.5) is 0 Å². The minimum absolute atomic E-state index is 0.417. The summed E-state index contributed by atoms with van der Waals surface area (Å²) in [7, 11) is 0. The molecule has 0 aliphatic heterocycles. The van der Waals surface area contributed by atoms with E-state index in [0.29, 0.717) is 11.3 Å². The van der Waals surface area contributed by atoms with E-state index in [2.05, 4.69) is 40.8 Å². The van der Waals surface area contributed by atoms with Gasteiger partial charge in [-0.05, 0) is 22.4 Å². The van der Waals surface area contributed by atoms with Gasteiger partial charge in [0, 0.05) is 10.0 Å². The van der Waals surface area contributed by atoms with Gasteiger partial charge in [0.25, 0.3) is 0 Å². The van der Waals surface area contributed by atoms with Crippen molar-refractivity contribution in [2.45, 2.75) is 0 Å². The number of halogens is 1. The molecule has 78 valence electrons. The Labute approximate surface area is 98.6 Å². The molecule has 0 saturated heterocycles. The smallest absolute Gasteiger partial charge is 0.240 e. The third-order valence-corrected chi connectivity index (χ3v) is 2.66. The lowest BCUT2D eigenvalue weighted by Gasteiger charge is -1.98. The zero-order chi connectivity index (χ0) is 11.0. The topological polar surface area (TPSA) is 64.7 Å². The Morgan fingerprint density at radius 2 is 1.75 bits per heavy atom. The fourth-order valence-electron chi connectivity index (χ4n) is 1.36. The summed E-state index contributed by atoms with van der Waals surface area (Å²) in [6.07, 6.45) is 1.65. The third kappa shape index (κ3) is 1.57. The van der Waals surface area contributed by atoms with Gasteiger partial charge in [0.1, 0.15) is 0 Å². The lowest BCUT2D eigenvalue weighted by atomic mass is 10.2. The molecule has 0 N–H and O–H groups in total. The molecule has 6 heteroatoms. The molecule has 0 fully saturated rings. The Morgan fingerprint density at radius 1 is 1.00 bits per heavy atom. The monoisotopic (exact) mass is 276 g/mol. The van der Waals surface area contributed by atoms with Crippen molar-refractivity contribution in [3.63, 3.8) is 0 Å². The van der Waals surface area contributed by atoms with E-state index in [1.165, 1.54) is 0 Å². The molecule has 0 atom stereocenters. The van der Waals surface area contributed by atoms with Gasteiger partial charge >= 0.3 is 0 Å². The van der Waals surface area contributed by atoms with E-state index in [-0.39, 0.29) is 0 Å². The lowest BCUT2D eigenvalue weighted by molar-refractivity contribution is 0.314. The molecular formula is C10H5BrN4O. The van der Waals surface area contributed by atoms with E-state index in [4.69, 9.17) is 0 Å². The largest absolute Gasteiger partial charge is 0.243 e. The Balaban J connectivity index is 2.14. The van der Waals surface area contributed by atoms with Crippen LogP contribution in [0.15, 0.2) is 39.6 Å². The number of hydrogen-bond acceptors (Lipinski definition) is 5. The Hall–Kier alpha value is -1.82. The van der Waals surface area contributed by atoms with Gasteiger partial charge in [0.05, 0.1) is 11.9 Å².